The maximum atomic E-state index is 5.21. The Morgan fingerprint density at radius 1 is 0.880 bits per heavy atom. The summed E-state index contributed by atoms with van der Waals surface area (Å²) in [7, 11) is 1.67. The molecule has 0 radical (unpaired) electrons. The van der Waals surface area contributed by atoms with Crippen molar-refractivity contribution in [2.24, 2.45) is 0 Å². The van der Waals surface area contributed by atoms with Gasteiger partial charge in [-0.1, -0.05) is 18.2 Å². The Morgan fingerprint density at radius 2 is 1.52 bits per heavy atom. The Morgan fingerprint density at radius 3 is 2.12 bits per heavy atom. The van der Waals surface area contributed by atoms with Crippen molar-refractivity contribution < 1.29 is 22.1 Å². The Kier molecular flexibility index (Phi) is 7.28. The SMILES string of the molecule is COc1ccc(NC(=[NH+]c2ccc(I)cc2)c2ccccc2)cc1.[Cl-]. The van der Waals surface area contributed by atoms with Crippen LogP contribution in [0.3, 0.4) is 0 Å². The van der Waals surface area contributed by atoms with E-state index in [2.05, 4.69) is 69.3 Å². The summed E-state index contributed by atoms with van der Waals surface area (Å²) in [6.07, 6.45) is 0. The van der Waals surface area contributed by atoms with Gasteiger partial charge in [0.2, 0.25) is 0 Å². The van der Waals surface area contributed by atoms with Crippen molar-refractivity contribution in [3.63, 3.8) is 0 Å². The average molecular weight is 465 g/mol. The summed E-state index contributed by atoms with van der Waals surface area (Å²) in [4.78, 5) is 3.47. The number of anilines is 1. The van der Waals surface area contributed by atoms with E-state index >= 15 is 0 Å². The van der Waals surface area contributed by atoms with E-state index in [-0.39, 0.29) is 12.4 Å². The largest absolute Gasteiger partial charge is 1.00 e. The van der Waals surface area contributed by atoms with Crippen molar-refractivity contribution in [3.05, 3.63) is 88.0 Å². The van der Waals surface area contributed by atoms with Crippen molar-refractivity contribution in [2.45, 2.75) is 0 Å². The number of nitrogens with one attached hydrogen (secondary N) is 2. The molecule has 3 aromatic carbocycles. The molecule has 0 atom stereocenters. The average Bonchev–Trinajstić information content (AvgIpc) is 2.64. The third kappa shape index (κ3) is 5.47. The molecule has 0 fully saturated rings. The van der Waals surface area contributed by atoms with Gasteiger partial charge in [0.05, 0.1) is 12.7 Å². The van der Waals surface area contributed by atoms with Crippen molar-refractivity contribution in [2.75, 3.05) is 12.4 Å². The maximum Gasteiger partial charge on any atom is 0.285 e. The van der Waals surface area contributed by atoms with E-state index in [0.717, 1.165) is 28.5 Å². The lowest BCUT2D eigenvalue weighted by Gasteiger charge is -2.05. The molecule has 0 unspecified atom stereocenters. The fraction of sp³-hybridized carbons (Fsp3) is 0.0500. The topological polar surface area (TPSA) is 35.2 Å². The summed E-state index contributed by atoms with van der Waals surface area (Å²) in [6, 6.07) is 26.4. The van der Waals surface area contributed by atoms with Crippen molar-refractivity contribution in [1.82, 2.24) is 0 Å². The minimum Gasteiger partial charge on any atom is -1.00 e. The molecule has 0 saturated heterocycles. The van der Waals surface area contributed by atoms with Crippen LogP contribution in [-0.2, 0) is 0 Å². The first-order valence-corrected chi connectivity index (χ1v) is 8.68. The highest BCUT2D eigenvalue weighted by atomic mass is 127. The van der Waals surface area contributed by atoms with Gasteiger partial charge < -0.3 is 17.1 Å². The van der Waals surface area contributed by atoms with Gasteiger partial charge in [0.1, 0.15) is 17.1 Å². The summed E-state index contributed by atoms with van der Waals surface area (Å²) in [5.41, 5.74) is 3.12. The van der Waals surface area contributed by atoms with Crippen molar-refractivity contribution >= 4 is 39.8 Å². The molecule has 3 nitrogen and oxygen atoms in total. The first-order valence-electron chi connectivity index (χ1n) is 7.60. The Labute approximate surface area is 167 Å². The molecule has 0 aromatic heterocycles. The van der Waals surface area contributed by atoms with E-state index < -0.39 is 0 Å². The van der Waals surface area contributed by atoms with E-state index in [9.17, 15) is 0 Å². The molecule has 0 heterocycles. The third-order valence-electron chi connectivity index (χ3n) is 3.54. The molecule has 0 saturated carbocycles. The number of rotatable bonds is 4. The summed E-state index contributed by atoms with van der Waals surface area (Å²) in [6.45, 7) is 0. The zero-order chi connectivity index (χ0) is 16.8. The zero-order valence-electron chi connectivity index (χ0n) is 13.7. The normalized spacial score (nSPS) is 10.7. The van der Waals surface area contributed by atoms with Gasteiger partial charge >= 0.3 is 0 Å². The van der Waals surface area contributed by atoms with Crippen LogP contribution in [0.4, 0.5) is 11.4 Å². The number of halogens is 2. The summed E-state index contributed by atoms with van der Waals surface area (Å²) >= 11 is 2.30. The van der Waals surface area contributed by atoms with Crippen molar-refractivity contribution in [1.29, 1.82) is 0 Å². The smallest absolute Gasteiger partial charge is 0.285 e. The third-order valence-corrected chi connectivity index (χ3v) is 4.25. The predicted molar refractivity (Wildman–Crippen MR) is 107 cm³/mol. The van der Waals surface area contributed by atoms with Gasteiger partial charge in [-0.3, -0.25) is 0 Å². The second kappa shape index (κ2) is 9.44. The van der Waals surface area contributed by atoms with Crippen LogP contribution in [0.25, 0.3) is 0 Å². The maximum absolute atomic E-state index is 5.21. The quantitative estimate of drug-likeness (QED) is 0.337. The van der Waals surface area contributed by atoms with Gasteiger partial charge in [-0.2, -0.15) is 0 Å². The van der Waals surface area contributed by atoms with Crippen LogP contribution in [-0.4, -0.2) is 12.9 Å². The van der Waals surface area contributed by atoms with Gasteiger partial charge in [0.15, 0.2) is 0 Å². The monoisotopic (exact) mass is 464 g/mol. The number of ether oxygens (including phenoxy) is 1. The molecule has 0 aliphatic heterocycles. The molecule has 0 amide bonds. The highest BCUT2D eigenvalue weighted by molar-refractivity contribution is 14.1. The van der Waals surface area contributed by atoms with Gasteiger partial charge in [0, 0.05) is 3.57 Å². The molecule has 0 spiro atoms. The van der Waals surface area contributed by atoms with Crippen LogP contribution < -0.4 is 27.5 Å². The second-order valence-electron chi connectivity index (χ2n) is 5.23. The van der Waals surface area contributed by atoms with Crippen LogP contribution in [0.1, 0.15) is 5.56 Å². The molecule has 2 N–H and O–H groups in total. The van der Waals surface area contributed by atoms with E-state index in [1.807, 2.05) is 42.5 Å². The zero-order valence-corrected chi connectivity index (χ0v) is 16.6. The fourth-order valence-corrected chi connectivity index (χ4v) is 2.64. The van der Waals surface area contributed by atoms with Crippen LogP contribution in [0.5, 0.6) is 5.75 Å². The van der Waals surface area contributed by atoms with Gasteiger partial charge in [-0.05, 0) is 83.3 Å². The van der Waals surface area contributed by atoms with Gasteiger partial charge in [-0.25, -0.2) is 10.3 Å². The molecule has 3 aromatic rings. The standard InChI is InChI=1S/C20H17IN2O.ClH/c1-24-19-13-11-18(12-14-19)23-20(15-5-3-2-4-6-15)22-17-9-7-16(21)8-10-17;/h2-14H,1H3,(H,22,23);1H. The highest BCUT2D eigenvalue weighted by Gasteiger charge is 2.11. The van der Waals surface area contributed by atoms with Gasteiger partial charge in [-0.15, -0.1) is 0 Å². The number of amidine groups is 1. The van der Waals surface area contributed by atoms with E-state index in [1.165, 1.54) is 3.57 Å². The van der Waals surface area contributed by atoms with E-state index in [0.29, 0.717) is 0 Å². The minimum absolute atomic E-state index is 0. The number of hydrogen-bond donors (Lipinski definition) is 2. The lowest BCUT2D eigenvalue weighted by atomic mass is 10.2. The molecular formula is C20H18ClIN2O. The second-order valence-corrected chi connectivity index (χ2v) is 6.47. The molecule has 128 valence electrons. The highest BCUT2D eigenvalue weighted by Crippen LogP contribution is 2.15. The Bertz CT molecular complexity index is 819. The molecule has 3 rings (SSSR count). The van der Waals surface area contributed by atoms with Crippen LogP contribution in [0.2, 0.25) is 0 Å². The van der Waals surface area contributed by atoms with Gasteiger partial charge in [0.25, 0.3) is 5.84 Å². The minimum atomic E-state index is 0. The van der Waals surface area contributed by atoms with Crippen LogP contribution in [0.15, 0.2) is 78.9 Å². The fourth-order valence-electron chi connectivity index (χ4n) is 2.28. The lowest BCUT2D eigenvalue weighted by molar-refractivity contribution is -0.352. The predicted octanol–water partition coefficient (Wildman–Crippen LogP) is 0.575. The molecule has 0 aliphatic rings. The van der Waals surface area contributed by atoms with Crippen LogP contribution in [0, 0.1) is 3.57 Å². The van der Waals surface area contributed by atoms with Crippen LogP contribution >= 0.6 is 22.6 Å². The number of hydrogen-bond acceptors (Lipinski definition) is 1. The summed E-state index contributed by atoms with van der Waals surface area (Å²) in [5, 5.41) is 3.46. The molecular weight excluding hydrogens is 447 g/mol. The van der Waals surface area contributed by atoms with E-state index in [4.69, 9.17) is 4.74 Å². The number of benzene rings is 3. The number of methoxy groups -OCH3 is 1. The molecule has 5 heteroatoms. The van der Waals surface area contributed by atoms with E-state index in [1.54, 1.807) is 7.11 Å². The lowest BCUT2D eigenvalue weighted by Crippen LogP contribution is -3.00. The summed E-state index contributed by atoms with van der Waals surface area (Å²) in [5.74, 6) is 1.77. The molecule has 0 bridgehead atoms. The molecule has 0 aliphatic carbocycles. The first kappa shape index (κ1) is 19.3. The molecule has 25 heavy (non-hydrogen) atoms. The first-order chi connectivity index (χ1) is 11.7. The Hall–Kier alpha value is -2.05. The summed E-state index contributed by atoms with van der Waals surface area (Å²) < 4.78 is 6.43. The van der Waals surface area contributed by atoms with Crippen molar-refractivity contribution in [3.8, 4) is 5.75 Å². The Balaban J connectivity index is 0.00000225.